The molecule has 0 radical (unpaired) electrons. The van der Waals surface area contributed by atoms with Crippen molar-refractivity contribution in [1.29, 1.82) is 0 Å². The number of aliphatic hydroxyl groups excluding tert-OH is 1. The standard InChI is InChI=1S/C25H24O7/c1-12(2)30-18-6-5-14(7-21(18)31-13(3)4)22-15-8-19-20(29-11-28-19)9-16(15)24-17(10-26)23(22)25(27)32-24/h5-9,12-13,26H,10-11H2,1-4H3. The van der Waals surface area contributed by atoms with E-state index < -0.39 is 5.97 Å². The van der Waals surface area contributed by atoms with Crippen LogP contribution in [0.2, 0.25) is 0 Å². The molecule has 0 saturated carbocycles. The van der Waals surface area contributed by atoms with Gasteiger partial charge in [-0.3, -0.25) is 0 Å². The second-order valence-corrected chi connectivity index (χ2v) is 8.35. The van der Waals surface area contributed by atoms with Gasteiger partial charge in [0.15, 0.2) is 23.0 Å². The predicted molar refractivity (Wildman–Crippen MR) is 118 cm³/mol. The maximum absolute atomic E-state index is 12.9. The number of benzene rings is 3. The van der Waals surface area contributed by atoms with Crippen molar-refractivity contribution in [2.24, 2.45) is 0 Å². The van der Waals surface area contributed by atoms with Crippen LogP contribution in [0.4, 0.5) is 0 Å². The van der Waals surface area contributed by atoms with Gasteiger partial charge in [0.05, 0.1) is 24.4 Å². The van der Waals surface area contributed by atoms with Crippen molar-refractivity contribution >= 4 is 16.7 Å². The van der Waals surface area contributed by atoms with E-state index in [9.17, 15) is 9.90 Å². The highest BCUT2D eigenvalue weighted by Crippen LogP contribution is 2.50. The molecular formula is C25H24O7. The Kier molecular flexibility index (Phi) is 4.86. The fourth-order valence-corrected chi connectivity index (χ4v) is 4.20. The normalized spacial score (nSPS) is 13.9. The fraction of sp³-hybridized carbons (Fsp3) is 0.320. The van der Waals surface area contributed by atoms with E-state index in [4.69, 9.17) is 23.7 Å². The van der Waals surface area contributed by atoms with Crippen LogP contribution in [0, 0.1) is 0 Å². The summed E-state index contributed by atoms with van der Waals surface area (Å²) in [5, 5.41) is 11.5. The number of hydrogen-bond acceptors (Lipinski definition) is 7. The largest absolute Gasteiger partial charge is 0.487 e. The van der Waals surface area contributed by atoms with Crippen LogP contribution in [0.5, 0.6) is 28.7 Å². The van der Waals surface area contributed by atoms with Gasteiger partial charge in [0.25, 0.3) is 0 Å². The Labute approximate surface area is 185 Å². The number of esters is 1. The summed E-state index contributed by atoms with van der Waals surface area (Å²) in [5.41, 5.74) is 2.21. The summed E-state index contributed by atoms with van der Waals surface area (Å²) in [5.74, 6) is 2.24. The molecule has 0 amide bonds. The number of hydrogen-bond donors (Lipinski definition) is 1. The van der Waals surface area contributed by atoms with E-state index in [1.807, 2.05) is 52.0 Å². The van der Waals surface area contributed by atoms with Crippen LogP contribution in [-0.2, 0) is 6.61 Å². The first-order valence-electron chi connectivity index (χ1n) is 10.6. The zero-order valence-corrected chi connectivity index (χ0v) is 18.4. The van der Waals surface area contributed by atoms with E-state index in [2.05, 4.69) is 0 Å². The molecule has 0 aromatic heterocycles. The van der Waals surface area contributed by atoms with Crippen molar-refractivity contribution in [3.05, 3.63) is 41.5 Å². The molecule has 5 rings (SSSR count). The van der Waals surface area contributed by atoms with E-state index in [0.717, 1.165) is 10.9 Å². The molecule has 7 nitrogen and oxygen atoms in total. The SMILES string of the molecule is CC(C)Oc1ccc(-c2c3c(CO)c(c4cc5c(cc24)OCO5)OC3=O)cc1OC(C)C. The highest BCUT2D eigenvalue weighted by atomic mass is 16.7. The van der Waals surface area contributed by atoms with Crippen LogP contribution in [0.3, 0.4) is 0 Å². The summed E-state index contributed by atoms with van der Waals surface area (Å²) >= 11 is 0. The second-order valence-electron chi connectivity index (χ2n) is 8.35. The molecule has 2 aliphatic heterocycles. The predicted octanol–water partition coefficient (Wildman–Crippen LogP) is 4.83. The highest BCUT2D eigenvalue weighted by molar-refractivity contribution is 6.17. The van der Waals surface area contributed by atoms with E-state index in [-0.39, 0.29) is 25.6 Å². The lowest BCUT2D eigenvalue weighted by atomic mass is 9.90. The Bertz CT molecular complexity index is 1240. The van der Waals surface area contributed by atoms with Crippen molar-refractivity contribution in [2.45, 2.75) is 46.5 Å². The van der Waals surface area contributed by atoms with Gasteiger partial charge in [-0.15, -0.1) is 0 Å². The van der Waals surface area contributed by atoms with Gasteiger partial charge in [-0.25, -0.2) is 4.79 Å². The lowest BCUT2D eigenvalue weighted by Crippen LogP contribution is -2.11. The van der Waals surface area contributed by atoms with Crippen LogP contribution < -0.4 is 23.7 Å². The van der Waals surface area contributed by atoms with Gasteiger partial charge in [-0.2, -0.15) is 0 Å². The first kappa shape index (κ1) is 20.5. The molecule has 0 spiro atoms. The summed E-state index contributed by atoms with van der Waals surface area (Å²) in [7, 11) is 0. The van der Waals surface area contributed by atoms with Crippen molar-refractivity contribution in [3.8, 4) is 39.9 Å². The molecule has 32 heavy (non-hydrogen) atoms. The second kappa shape index (κ2) is 7.60. The van der Waals surface area contributed by atoms with Crippen molar-refractivity contribution in [2.75, 3.05) is 6.79 Å². The molecule has 166 valence electrons. The Morgan fingerprint density at radius 2 is 1.56 bits per heavy atom. The summed E-state index contributed by atoms with van der Waals surface area (Å²) < 4.78 is 28.6. The molecule has 0 aliphatic carbocycles. The summed E-state index contributed by atoms with van der Waals surface area (Å²) in [6, 6.07) is 9.23. The molecule has 0 saturated heterocycles. The maximum atomic E-state index is 12.9. The van der Waals surface area contributed by atoms with Crippen LogP contribution >= 0.6 is 0 Å². The van der Waals surface area contributed by atoms with Crippen molar-refractivity contribution in [3.63, 3.8) is 0 Å². The third kappa shape index (κ3) is 3.20. The number of aliphatic hydroxyl groups is 1. The Balaban J connectivity index is 1.79. The van der Waals surface area contributed by atoms with Crippen molar-refractivity contribution in [1.82, 2.24) is 0 Å². The third-order valence-electron chi connectivity index (χ3n) is 5.37. The maximum Gasteiger partial charge on any atom is 0.344 e. The molecule has 0 atom stereocenters. The average Bonchev–Trinajstić information content (AvgIpc) is 3.29. The molecule has 2 bridgehead atoms. The van der Waals surface area contributed by atoms with Gasteiger partial charge in [0, 0.05) is 16.5 Å². The lowest BCUT2D eigenvalue weighted by molar-refractivity contribution is 0.0757. The van der Waals surface area contributed by atoms with E-state index >= 15 is 0 Å². The summed E-state index contributed by atoms with van der Waals surface area (Å²) in [6.07, 6.45) is -0.0929. The lowest BCUT2D eigenvalue weighted by Gasteiger charge is -2.19. The zero-order valence-electron chi connectivity index (χ0n) is 18.4. The molecule has 7 heteroatoms. The molecule has 2 aliphatic rings. The van der Waals surface area contributed by atoms with E-state index in [0.29, 0.717) is 50.8 Å². The van der Waals surface area contributed by atoms with Crippen LogP contribution in [0.25, 0.3) is 21.9 Å². The Morgan fingerprint density at radius 3 is 2.22 bits per heavy atom. The minimum Gasteiger partial charge on any atom is -0.487 e. The molecule has 2 heterocycles. The number of fused-ring (bicyclic) bond motifs is 5. The fourth-order valence-electron chi connectivity index (χ4n) is 4.20. The molecule has 1 N–H and O–H groups in total. The van der Waals surface area contributed by atoms with Gasteiger partial charge < -0.3 is 28.8 Å². The first-order chi connectivity index (χ1) is 15.4. The topological polar surface area (TPSA) is 83.5 Å². The van der Waals surface area contributed by atoms with Crippen LogP contribution in [0.15, 0.2) is 30.3 Å². The molecule has 3 aromatic rings. The average molecular weight is 436 g/mol. The minimum atomic E-state index is -0.494. The molecule has 0 unspecified atom stereocenters. The van der Waals surface area contributed by atoms with E-state index in [1.165, 1.54) is 0 Å². The minimum absolute atomic E-state index is 0.0242. The third-order valence-corrected chi connectivity index (χ3v) is 5.37. The number of carbonyl (C=O) groups excluding carboxylic acids is 1. The van der Waals surface area contributed by atoms with Crippen LogP contribution in [0.1, 0.15) is 43.6 Å². The number of carbonyl (C=O) groups is 1. The van der Waals surface area contributed by atoms with Crippen LogP contribution in [-0.4, -0.2) is 30.1 Å². The van der Waals surface area contributed by atoms with Crippen molar-refractivity contribution < 1.29 is 33.6 Å². The first-order valence-corrected chi connectivity index (χ1v) is 10.6. The van der Waals surface area contributed by atoms with Gasteiger partial charge in [-0.1, -0.05) is 6.07 Å². The quantitative estimate of drug-likeness (QED) is 0.554. The zero-order chi connectivity index (χ0) is 22.6. The van der Waals surface area contributed by atoms with Gasteiger partial charge >= 0.3 is 5.97 Å². The summed E-state index contributed by atoms with van der Waals surface area (Å²) in [4.78, 5) is 12.9. The van der Waals surface area contributed by atoms with Gasteiger partial charge in [-0.05, 0) is 62.9 Å². The Hall–Kier alpha value is -3.45. The number of ether oxygens (including phenoxy) is 5. The Morgan fingerprint density at radius 1 is 0.906 bits per heavy atom. The van der Waals surface area contributed by atoms with E-state index in [1.54, 1.807) is 6.07 Å². The summed E-state index contributed by atoms with van der Waals surface area (Å²) in [6.45, 7) is 7.59. The number of rotatable bonds is 6. The molecule has 0 fully saturated rings. The van der Waals surface area contributed by atoms with Gasteiger partial charge in [0.2, 0.25) is 6.79 Å². The smallest absolute Gasteiger partial charge is 0.344 e. The molecular weight excluding hydrogens is 412 g/mol. The monoisotopic (exact) mass is 436 g/mol. The molecule has 3 aromatic carbocycles. The highest BCUT2D eigenvalue weighted by Gasteiger charge is 2.35. The van der Waals surface area contributed by atoms with Gasteiger partial charge in [0.1, 0.15) is 5.75 Å².